The molecule has 0 radical (unpaired) electrons. The van der Waals surface area contributed by atoms with Crippen LogP contribution in [0.2, 0.25) is 0 Å². The van der Waals surface area contributed by atoms with Crippen molar-refractivity contribution in [2.75, 3.05) is 46.2 Å². The number of aliphatic hydroxyl groups excluding tert-OH is 3. The number of methoxy groups -OCH3 is 1. The molecule has 65 heavy (non-hydrogen) atoms. The van der Waals surface area contributed by atoms with Gasteiger partial charge in [-0.2, -0.15) is 0 Å². The topological polar surface area (TPSA) is 205 Å². The van der Waals surface area contributed by atoms with E-state index in [1.165, 1.54) is 14.0 Å². The van der Waals surface area contributed by atoms with Gasteiger partial charge in [-0.25, -0.2) is 0 Å². The number of likely N-dealkylation sites (N-methyl/N-ethyl adjacent to an activating group) is 2. The Morgan fingerprint density at radius 1 is 0.969 bits per heavy atom. The second-order valence-electron chi connectivity index (χ2n) is 20.3. The molecule has 370 valence electrons. The molecule has 16 heteroatoms. The van der Waals surface area contributed by atoms with Crippen LogP contribution in [0.3, 0.4) is 0 Å². The number of benzene rings is 1. The van der Waals surface area contributed by atoms with E-state index in [1.807, 2.05) is 77.0 Å². The van der Waals surface area contributed by atoms with E-state index in [4.69, 9.17) is 28.4 Å². The second kappa shape index (κ2) is 22.2. The molecule has 0 amide bonds. The van der Waals surface area contributed by atoms with Crippen molar-refractivity contribution in [1.82, 2.24) is 14.8 Å². The molecule has 3 saturated heterocycles. The predicted octanol–water partition coefficient (Wildman–Crippen LogP) is 4.32. The Morgan fingerprint density at radius 2 is 1.66 bits per heavy atom. The number of carbonyl (C=O) groups is 1. The number of fused-ring (bicyclic) bond motifs is 1. The third-order valence-electron chi connectivity index (χ3n) is 14.8. The summed E-state index contributed by atoms with van der Waals surface area (Å²) in [4.78, 5) is 23.0. The third kappa shape index (κ3) is 12.4. The Hall–Kier alpha value is -2.58. The van der Waals surface area contributed by atoms with Crippen LogP contribution in [0, 0.1) is 17.8 Å². The quantitative estimate of drug-likeness (QED) is 0.130. The Bertz CT molecular complexity index is 1820. The summed E-state index contributed by atoms with van der Waals surface area (Å²) in [6.45, 7) is 19.5. The van der Waals surface area contributed by atoms with E-state index in [2.05, 4.69) is 15.2 Å². The summed E-state index contributed by atoms with van der Waals surface area (Å²) in [7, 11) is 5.34. The van der Waals surface area contributed by atoms with Gasteiger partial charge in [0.15, 0.2) is 12.6 Å². The van der Waals surface area contributed by atoms with Gasteiger partial charge in [0.05, 0.1) is 47.1 Å². The fraction of sp³-hybridized carbons (Fsp3) is 0.796. The molecular formula is C49H82N4O12. The first-order valence-corrected chi connectivity index (χ1v) is 23.8. The van der Waals surface area contributed by atoms with Gasteiger partial charge in [0.2, 0.25) is 0 Å². The Balaban J connectivity index is 1.46. The van der Waals surface area contributed by atoms with Crippen LogP contribution in [0.5, 0.6) is 0 Å². The molecule has 1 aromatic heterocycles. The zero-order valence-corrected chi connectivity index (χ0v) is 41.2. The number of nitrogens with one attached hydrogen (secondary N) is 1. The van der Waals surface area contributed by atoms with E-state index in [-0.39, 0.29) is 37.3 Å². The number of hydrogen-bond donors (Lipinski definition) is 6. The summed E-state index contributed by atoms with van der Waals surface area (Å²) in [6, 6.07) is 9.08. The smallest absolute Gasteiger partial charge is 0.311 e. The van der Waals surface area contributed by atoms with Crippen molar-refractivity contribution in [2.45, 2.75) is 192 Å². The minimum atomic E-state index is -1.82. The first-order chi connectivity index (χ1) is 30.4. The molecule has 0 saturated carbocycles. The molecule has 16 nitrogen and oxygen atoms in total. The average molecular weight is 919 g/mol. The number of aromatic nitrogens is 1. The number of hydrogen-bond acceptors (Lipinski definition) is 16. The van der Waals surface area contributed by atoms with E-state index in [0.717, 1.165) is 23.0 Å². The van der Waals surface area contributed by atoms with Gasteiger partial charge in [-0.15, -0.1) is 0 Å². The zero-order valence-electron chi connectivity index (χ0n) is 41.2. The lowest BCUT2D eigenvalue weighted by Gasteiger charge is -2.49. The normalized spacial score (nSPS) is 42.0. The van der Waals surface area contributed by atoms with E-state index >= 15 is 0 Å². The minimum absolute atomic E-state index is 0.117. The highest BCUT2D eigenvalue weighted by Gasteiger charge is 2.53. The molecule has 4 heterocycles. The van der Waals surface area contributed by atoms with Gasteiger partial charge in [0, 0.05) is 61.9 Å². The summed E-state index contributed by atoms with van der Waals surface area (Å²) in [6.07, 6.45) is -6.06. The fourth-order valence-electron chi connectivity index (χ4n) is 10.6. The summed E-state index contributed by atoms with van der Waals surface area (Å²) in [5.74, 6) is -2.69. The van der Waals surface area contributed by atoms with E-state index in [1.54, 1.807) is 40.8 Å². The Labute approximate surface area is 387 Å². The molecule has 0 aliphatic carbocycles. The fourth-order valence-corrected chi connectivity index (χ4v) is 10.6. The van der Waals surface area contributed by atoms with E-state index < -0.39 is 96.0 Å². The number of esters is 1. The highest BCUT2D eigenvalue weighted by molar-refractivity contribution is 5.90. The highest BCUT2D eigenvalue weighted by Crippen LogP contribution is 2.40. The summed E-state index contributed by atoms with van der Waals surface area (Å²) < 4.78 is 38.3. The van der Waals surface area contributed by atoms with Crippen molar-refractivity contribution in [1.29, 1.82) is 0 Å². The number of anilines is 1. The van der Waals surface area contributed by atoms with Crippen molar-refractivity contribution in [3.05, 3.63) is 36.5 Å². The van der Waals surface area contributed by atoms with Gasteiger partial charge in [-0.1, -0.05) is 39.0 Å². The van der Waals surface area contributed by atoms with Crippen molar-refractivity contribution in [2.24, 2.45) is 17.8 Å². The molecule has 0 bridgehead atoms. The minimum Gasteiger partial charge on any atom is -0.459 e. The maximum absolute atomic E-state index is 14.4. The lowest BCUT2D eigenvalue weighted by atomic mass is 9.77. The van der Waals surface area contributed by atoms with E-state index in [0.29, 0.717) is 26.1 Å². The largest absolute Gasteiger partial charge is 0.459 e. The van der Waals surface area contributed by atoms with Crippen molar-refractivity contribution >= 4 is 22.6 Å². The molecule has 6 N–H and O–H groups in total. The molecule has 0 spiro atoms. The van der Waals surface area contributed by atoms with E-state index in [9.17, 15) is 30.3 Å². The van der Waals surface area contributed by atoms with Gasteiger partial charge >= 0.3 is 5.97 Å². The first kappa shape index (κ1) is 53.4. The van der Waals surface area contributed by atoms with Crippen LogP contribution in [0.15, 0.2) is 36.5 Å². The van der Waals surface area contributed by atoms with Crippen LogP contribution in [-0.2, 0) is 33.2 Å². The predicted molar refractivity (Wildman–Crippen MR) is 248 cm³/mol. The first-order valence-electron chi connectivity index (χ1n) is 23.8. The number of carbonyl (C=O) groups excluding carboxylic acids is 1. The molecule has 3 fully saturated rings. The third-order valence-corrected chi connectivity index (χ3v) is 14.8. The van der Waals surface area contributed by atoms with Crippen LogP contribution in [-0.4, -0.2) is 177 Å². The zero-order chi connectivity index (χ0) is 48.2. The van der Waals surface area contributed by atoms with Gasteiger partial charge < -0.3 is 69.1 Å². The van der Waals surface area contributed by atoms with Crippen molar-refractivity contribution < 1.29 is 58.7 Å². The molecular weight excluding hydrogens is 837 g/mol. The van der Waals surface area contributed by atoms with Crippen LogP contribution in [0.1, 0.15) is 101 Å². The Morgan fingerprint density at radius 3 is 2.34 bits per heavy atom. The van der Waals surface area contributed by atoms with Crippen molar-refractivity contribution in [3.8, 4) is 0 Å². The maximum atomic E-state index is 14.4. The van der Waals surface area contributed by atoms with Crippen LogP contribution < -0.4 is 5.32 Å². The lowest BCUT2D eigenvalue weighted by Crippen LogP contribution is -2.61. The number of cyclic esters (lactones) is 1. The van der Waals surface area contributed by atoms with Crippen LogP contribution in [0.25, 0.3) is 10.9 Å². The SMILES string of the molecule is CC[C@H]1OC(=O)[C@H](C)[C@@H](O[C@H]2C[C@@](C)(OC)[C@@H](O)[C@H](C)O2)[C@H](C)[C@@H](O[C@@H]2O[C@H](C)C[C@H](N(C)CCCNc3ccnc4ccccc34)[C@H]2O)[C@](C)(O)C[C@@H](C)CN(C)[C@H](C)[C@@H](O)[C@]1(C)O. The van der Waals surface area contributed by atoms with Gasteiger partial charge in [-0.05, 0) is 113 Å². The number of nitrogens with zero attached hydrogens (tertiary/aromatic N) is 3. The molecule has 5 rings (SSSR count). The number of para-hydroxylation sites is 1. The number of aliphatic hydroxyl groups is 5. The molecule has 3 aliphatic rings. The highest BCUT2D eigenvalue weighted by atomic mass is 16.7. The standard InChI is InChI=1S/C49H82N4O12/c1-14-38-49(10,59)42(55)32(6)53(12)27-28(2)25-47(8,58)44(30(4)41(31(5)45(57)63-38)64-39-26-48(9,60-13)43(56)33(7)62-39)65-46-40(54)37(24-29(3)61-46)52(11)23-17-21-50-36-20-22-51-35-19-16-15-18-34(35)36/h15-16,18-20,22,28-33,37-44,46,54-56,58-59H,14,17,21,23-27H2,1-13H3,(H,50,51)/t28-,29-,30+,31-,32-,33+,37+,38-,39+,40-,41+,42-,43+,44-,46+,47-,48-,49-/m1/s1. The summed E-state index contributed by atoms with van der Waals surface area (Å²) in [5.41, 5.74) is -2.53. The number of pyridine rings is 1. The molecule has 0 unspecified atom stereocenters. The molecule has 18 atom stereocenters. The maximum Gasteiger partial charge on any atom is 0.311 e. The van der Waals surface area contributed by atoms with Gasteiger partial charge in [0.25, 0.3) is 0 Å². The summed E-state index contributed by atoms with van der Waals surface area (Å²) >= 11 is 0. The van der Waals surface area contributed by atoms with Crippen molar-refractivity contribution in [3.63, 3.8) is 0 Å². The number of rotatable bonds is 12. The molecule has 2 aromatic rings. The van der Waals surface area contributed by atoms with Gasteiger partial charge in [-0.3, -0.25) is 9.78 Å². The lowest BCUT2D eigenvalue weighted by molar-refractivity contribution is -0.318. The molecule has 1 aromatic carbocycles. The monoisotopic (exact) mass is 919 g/mol. The second-order valence-corrected chi connectivity index (χ2v) is 20.3. The number of ether oxygens (including phenoxy) is 6. The average Bonchev–Trinajstić information content (AvgIpc) is 3.26. The van der Waals surface area contributed by atoms with Gasteiger partial charge in [0.1, 0.15) is 30.0 Å². The van der Waals surface area contributed by atoms with Crippen LogP contribution >= 0.6 is 0 Å². The Kier molecular flexibility index (Phi) is 18.3. The molecule has 3 aliphatic heterocycles. The van der Waals surface area contributed by atoms with Crippen LogP contribution in [0.4, 0.5) is 5.69 Å². The summed E-state index contributed by atoms with van der Waals surface area (Å²) in [5, 5.41) is 64.1.